The number of hydrogen-bond donors (Lipinski definition) is 1. The zero-order valence-corrected chi connectivity index (χ0v) is 12.3. The molecule has 1 N–H and O–H groups in total. The summed E-state index contributed by atoms with van der Waals surface area (Å²) in [6.45, 7) is 2.02. The number of carbonyl (C=O) groups is 1. The van der Waals surface area contributed by atoms with Crippen LogP contribution in [0.15, 0.2) is 18.2 Å². The molecule has 3 nitrogen and oxygen atoms in total. The van der Waals surface area contributed by atoms with Crippen LogP contribution in [-0.4, -0.2) is 13.0 Å². The molecule has 2 fully saturated rings. The van der Waals surface area contributed by atoms with E-state index in [-0.39, 0.29) is 5.91 Å². The molecule has 3 atom stereocenters. The van der Waals surface area contributed by atoms with Crippen molar-refractivity contribution in [3.8, 4) is 5.75 Å². The van der Waals surface area contributed by atoms with Crippen LogP contribution in [0.4, 0.5) is 5.69 Å². The molecule has 0 radical (unpaired) electrons. The van der Waals surface area contributed by atoms with Crippen LogP contribution in [0.25, 0.3) is 0 Å². The van der Waals surface area contributed by atoms with E-state index in [1.165, 1.54) is 25.7 Å². The SMILES string of the molecule is COc1ccc(C)cc1NC(=O)C[C@H]1C[C@@H]2CC[C@@H]1C2. The Morgan fingerprint density at radius 2 is 2.20 bits per heavy atom. The molecule has 1 aromatic rings. The minimum absolute atomic E-state index is 0.131. The minimum Gasteiger partial charge on any atom is -0.495 e. The second-order valence-corrected chi connectivity index (χ2v) is 6.39. The van der Waals surface area contributed by atoms with Crippen molar-refractivity contribution in [3.05, 3.63) is 23.8 Å². The predicted molar refractivity (Wildman–Crippen MR) is 79.9 cm³/mol. The molecule has 0 unspecified atom stereocenters. The smallest absolute Gasteiger partial charge is 0.224 e. The Balaban J connectivity index is 1.63. The molecule has 20 heavy (non-hydrogen) atoms. The molecule has 3 heteroatoms. The number of anilines is 1. The van der Waals surface area contributed by atoms with Gasteiger partial charge in [0.1, 0.15) is 5.75 Å². The predicted octanol–water partition coefficient (Wildman–Crippen LogP) is 3.77. The summed E-state index contributed by atoms with van der Waals surface area (Å²) in [5, 5.41) is 3.02. The molecule has 0 aromatic heterocycles. The van der Waals surface area contributed by atoms with Crippen LogP contribution in [0.1, 0.15) is 37.7 Å². The van der Waals surface area contributed by atoms with Gasteiger partial charge in [-0.2, -0.15) is 0 Å². The van der Waals surface area contributed by atoms with Gasteiger partial charge in [0, 0.05) is 6.42 Å². The second-order valence-electron chi connectivity index (χ2n) is 6.39. The third kappa shape index (κ3) is 2.67. The van der Waals surface area contributed by atoms with Gasteiger partial charge in [-0.3, -0.25) is 4.79 Å². The van der Waals surface area contributed by atoms with Gasteiger partial charge in [-0.1, -0.05) is 12.5 Å². The van der Waals surface area contributed by atoms with Gasteiger partial charge < -0.3 is 10.1 Å². The summed E-state index contributed by atoms with van der Waals surface area (Å²) in [6.07, 6.45) is 5.98. The van der Waals surface area contributed by atoms with E-state index < -0.39 is 0 Å². The normalized spacial score (nSPS) is 27.6. The number of hydrogen-bond acceptors (Lipinski definition) is 2. The molecule has 2 saturated carbocycles. The van der Waals surface area contributed by atoms with Crippen LogP contribution in [-0.2, 0) is 4.79 Å². The Bertz CT molecular complexity index is 512. The highest BCUT2D eigenvalue weighted by Gasteiger charge is 2.40. The van der Waals surface area contributed by atoms with Gasteiger partial charge in [0.05, 0.1) is 12.8 Å². The van der Waals surface area contributed by atoms with Crippen LogP contribution in [0.2, 0.25) is 0 Å². The number of aryl methyl sites for hydroxylation is 1. The molecule has 2 aliphatic carbocycles. The van der Waals surface area contributed by atoms with Crippen LogP contribution >= 0.6 is 0 Å². The van der Waals surface area contributed by atoms with E-state index >= 15 is 0 Å². The van der Waals surface area contributed by atoms with Crippen molar-refractivity contribution in [2.24, 2.45) is 17.8 Å². The van der Waals surface area contributed by atoms with Gasteiger partial charge in [-0.25, -0.2) is 0 Å². The Morgan fingerprint density at radius 1 is 1.35 bits per heavy atom. The lowest BCUT2D eigenvalue weighted by molar-refractivity contribution is -0.117. The summed E-state index contributed by atoms with van der Waals surface area (Å²) in [7, 11) is 1.64. The lowest BCUT2D eigenvalue weighted by atomic mass is 9.86. The van der Waals surface area contributed by atoms with Gasteiger partial charge >= 0.3 is 0 Å². The second kappa shape index (κ2) is 5.47. The summed E-state index contributed by atoms with van der Waals surface area (Å²) < 4.78 is 5.31. The molecule has 1 aromatic carbocycles. The monoisotopic (exact) mass is 273 g/mol. The summed E-state index contributed by atoms with van der Waals surface area (Å²) in [6, 6.07) is 5.87. The topological polar surface area (TPSA) is 38.3 Å². The first-order valence-electron chi connectivity index (χ1n) is 7.60. The van der Waals surface area contributed by atoms with E-state index in [2.05, 4.69) is 5.32 Å². The first-order chi connectivity index (χ1) is 9.65. The molecule has 0 spiro atoms. The molecule has 108 valence electrons. The Morgan fingerprint density at radius 3 is 2.85 bits per heavy atom. The van der Waals surface area contributed by atoms with Crippen molar-refractivity contribution in [1.29, 1.82) is 0 Å². The fourth-order valence-electron chi connectivity index (χ4n) is 3.99. The van der Waals surface area contributed by atoms with Crippen molar-refractivity contribution in [1.82, 2.24) is 0 Å². The van der Waals surface area contributed by atoms with E-state index in [0.717, 1.165) is 28.8 Å². The number of rotatable bonds is 4. The lowest BCUT2D eigenvalue weighted by Crippen LogP contribution is -2.20. The van der Waals surface area contributed by atoms with E-state index in [9.17, 15) is 4.79 Å². The minimum atomic E-state index is 0.131. The summed E-state index contributed by atoms with van der Waals surface area (Å²) in [5.74, 6) is 3.16. The lowest BCUT2D eigenvalue weighted by Gasteiger charge is -2.21. The number of carbonyl (C=O) groups excluding carboxylic acids is 1. The number of benzene rings is 1. The fourth-order valence-corrected chi connectivity index (χ4v) is 3.99. The maximum atomic E-state index is 12.3. The van der Waals surface area contributed by atoms with Crippen molar-refractivity contribution in [3.63, 3.8) is 0 Å². The van der Waals surface area contributed by atoms with Crippen LogP contribution < -0.4 is 10.1 Å². The van der Waals surface area contributed by atoms with Crippen molar-refractivity contribution >= 4 is 11.6 Å². The van der Waals surface area contributed by atoms with Crippen molar-refractivity contribution < 1.29 is 9.53 Å². The van der Waals surface area contributed by atoms with Crippen LogP contribution in [0.5, 0.6) is 5.75 Å². The molecule has 0 heterocycles. The third-order valence-corrected chi connectivity index (χ3v) is 4.96. The highest BCUT2D eigenvalue weighted by Crippen LogP contribution is 2.49. The Hall–Kier alpha value is -1.51. The average molecular weight is 273 g/mol. The highest BCUT2D eigenvalue weighted by atomic mass is 16.5. The van der Waals surface area contributed by atoms with E-state index in [0.29, 0.717) is 12.3 Å². The summed E-state index contributed by atoms with van der Waals surface area (Å²) in [5.41, 5.74) is 1.92. The third-order valence-electron chi connectivity index (χ3n) is 4.96. The van der Waals surface area contributed by atoms with Gasteiger partial charge in [-0.15, -0.1) is 0 Å². The van der Waals surface area contributed by atoms with Crippen molar-refractivity contribution in [2.75, 3.05) is 12.4 Å². The molecular formula is C17H23NO2. The molecule has 0 aliphatic heterocycles. The number of ether oxygens (including phenoxy) is 1. The zero-order valence-electron chi connectivity index (χ0n) is 12.3. The van der Waals surface area contributed by atoms with Crippen LogP contribution in [0, 0.1) is 24.7 Å². The molecular weight excluding hydrogens is 250 g/mol. The van der Waals surface area contributed by atoms with Gasteiger partial charge in [0.2, 0.25) is 5.91 Å². The van der Waals surface area contributed by atoms with Crippen molar-refractivity contribution in [2.45, 2.75) is 39.0 Å². The van der Waals surface area contributed by atoms with Crippen LogP contribution in [0.3, 0.4) is 0 Å². The Kier molecular flexibility index (Phi) is 3.68. The van der Waals surface area contributed by atoms with E-state index in [1.807, 2.05) is 25.1 Å². The largest absolute Gasteiger partial charge is 0.495 e. The first-order valence-corrected chi connectivity index (χ1v) is 7.60. The fraction of sp³-hybridized carbons (Fsp3) is 0.588. The number of fused-ring (bicyclic) bond motifs is 2. The molecule has 2 bridgehead atoms. The van der Waals surface area contributed by atoms with E-state index in [4.69, 9.17) is 4.74 Å². The number of amides is 1. The Labute approximate surface area is 120 Å². The highest BCUT2D eigenvalue weighted by molar-refractivity contribution is 5.92. The molecule has 2 aliphatic rings. The standard InChI is InChI=1S/C17H23NO2/c1-11-3-6-16(20-2)15(7-11)18-17(19)10-14-9-12-4-5-13(14)8-12/h3,6-7,12-14H,4-5,8-10H2,1-2H3,(H,18,19)/t12-,13-,14-/m1/s1. The van der Waals surface area contributed by atoms with Gasteiger partial charge in [0.25, 0.3) is 0 Å². The zero-order chi connectivity index (χ0) is 14.1. The summed E-state index contributed by atoms with van der Waals surface area (Å²) in [4.78, 5) is 12.3. The van der Waals surface area contributed by atoms with Gasteiger partial charge in [0.15, 0.2) is 0 Å². The maximum Gasteiger partial charge on any atom is 0.224 e. The molecule has 3 rings (SSSR count). The molecule has 1 amide bonds. The number of methoxy groups -OCH3 is 1. The summed E-state index contributed by atoms with van der Waals surface area (Å²) >= 11 is 0. The average Bonchev–Trinajstić information content (AvgIpc) is 3.01. The van der Waals surface area contributed by atoms with E-state index in [1.54, 1.807) is 7.11 Å². The quantitative estimate of drug-likeness (QED) is 0.907. The first kappa shape index (κ1) is 13.5. The maximum absolute atomic E-state index is 12.3. The number of nitrogens with one attached hydrogen (secondary N) is 1. The van der Waals surface area contributed by atoms with Gasteiger partial charge in [-0.05, 0) is 61.6 Å². The molecule has 0 saturated heterocycles.